The van der Waals surface area contributed by atoms with Gasteiger partial charge in [-0.15, -0.1) is 0 Å². The number of imide groups is 2. The Morgan fingerprint density at radius 1 is 1.20 bits per heavy atom. The van der Waals surface area contributed by atoms with Gasteiger partial charge in [-0.3, -0.25) is 29.4 Å². The van der Waals surface area contributed by atoms with Gasteiger partial charge in [0.2, 0.25) is 11.8 Å². The molecular formula is C16H15IN2O5S. The highest BCUT2D eigenvalue weighted by Gasteiger charge is 2.44. The summed E-state index contributed by atoms with van der Waals surface area (Å²) in [4.78, 5) is 49.5. The topological polar surface area (TPSA) is 92.8 Å². The van der Waals surface area contributed by atoms with Crippen LogP contribution in [-0.2, 0) is 20.2 Å². The Morgan fingerprint density at radius 3 is 2.68 bits per heavy atom. The summed E-state index contributed by atoms with van der Waals surface area (Å²) in [6.07, 6.45) is 1.80. The van der Waals surface area contributed by atoms with Crippen molar-refractivity contribution >= 4 is 54.0 Å². The van der Waals surface area contributed by atoms with Gasteiger partial charge >= 0.3 is 0 Å². The van der Waals surface area contributed by atoms with Gasteiger partial charge < -0.3 is 4.18 Å². The first-order valence-corrected chi connectivity index (χ1v) is 11.1. The molecule has 0 saturated carbocycles. The Hall–Kier alpha value is -1.46. The summed E-state index contributed by atoms with van der Waals surface area (Å²) in [7, 11) is 1.28. The quantitative estimate of drug-likeness (QED) is 0.294. The van der Waals surface area contributed by atoms with Crippen molar-refractivity contribution in [3.8, 4) is 0 Å². The zero-order chi connectivity index (χ0) is 18.0. The predicted molar refractivity (Wildman–Crippen MR) is 99.0 cm³/mol. The Labute approximate surface area is 160 Å². The molecule has 0 radical (unpaired) electrons. The van der Waals surface area contributed by atoms with Gasteiger partial charge in [0.15, 0.2) is 0 Å². The van der Waals surface area contributed by atoms with E-state index in [1.807, 2.05) is 27.3 Å². The maximum absolute atomic E-state index is 12.7. The Morgan fingerprint density at radius 2 is 1.96 bits per heavy atom. The molecule has 132 valence electrons. The molecule has 2 aliphatic rings. The largest absolute Gasteiger partial charge is 0.305 e. The van der Waals surface area contributed by atoms with Crippen LogP contribution in [0.2, 0.25) is 0 Å². The van der Waals surface area contributed by atoms with Crippen LogP contribution in [0.25, 0.3) is 0 Å². The molecule has 1 unspecified atom stereocenters. The lowest BCUT2D eigenvalue weighted by atomic mass is 10.0. The zero-order valence-corrected chi connectivity index (χ0v) is 16.1. The maximum Gasteiger partial charge on any atom is 0.262 e. The molecule has 0 aliphatic carbocycles. The van der Waals surface area contributed by atoms with Crippen molar-refractivity contribution in [2.24, 2.45) is 0 Å². The first kappa shape index (κ1) is 18.3. The molecule has 1 aromatic carbocycles. The number of rotatable bonds is 6. The van der Waals surface area contributed by atoms with Crippen LogP contribution in [0, 0.1) is 0 Å². The van der Waals surface area contributed by atoms with Crippen molar-refractivity contribution in [2.45, 2.75) is 31.7 Å². The van der Waals surface area contributed by atoms with Crippen molar-refractivity contribution in [3.05, 3.63) is 34.9 Å². The van der Waals surface area contributed by atoms with E-state index in [0.29, 0.717) is 17.7 Å². The van der Waals surface area contributed by atoms with Gasteiger partial charge in [0.05, 0.1) is 26.9 Å². The number of fused-ring (bicyclic) bond motifs is 1. The minimum atomic E-state index is -0.928. The number of carbonyl (C=O) groups is 4. The minimum Gasteiger partial charge on any atom is -0.305 e. The molecule has 0 aromatic heterocycles. The molecule has 1 fully saturated rings. The van der Waals surface area contributed by atoms with E-state index in [0.717, 1.165) is 23.3 Å². The molecule has 4 amide bonds. The van der Waals surface area contributed by atoms with Gasteiger partial charge in [-0.2, -0.15) is 0 Å². The van der Waals surface area contributed by atoms with Crippen LogP contribution in [0.3, 0.4) is 0 Å². The third kappa shape index (κ3) is 3.72. The third-order valence-corrected chi connectivity index (χ3v) is 5.26. The molecule has 2 aliphatic heterocycles. The van der Waals surface area contributed by atoms with Gasteiger partial charge in [-0.1, -0.05) is 6.07 Å². The van der Waals surface area contributed by atoms with Gasteiger partial charge in [0.1, 0.15) is 6.04 Å². The number of hydrogen-bond donors (Lipinski definition) is 1. The number of hydrogen-bond acceptors (Lipinski definition) is 6. The van der Waals surface area contributed by atoms with E-state index in [1.165, 1.54) is 9.21 Å². The number of carbonyl (C=O) groups excluding carboxylic acids is 4. The summed E-state index contributed by atoms with van der Waals surface area (Å²) in [6, 6.07) is 4.22. The standard InChI is InChI=1S/C16H15IN2O5S/c17-25-24-7-1-2-9-3-4-10-11(8-9)16(23)19(15(10)22)12-5-6-13(20)18-14(12)21/h3-4,8,12H,1-2,5-7H2,(H,18,20,21). The first-order chi connectivity index (χ1) is 12.0. The fraction of sp³-hybridized carbons (Fsp3) is 0.375. The van der Waals surface area contributed by atoms with Crippen LogP contribution >= 0.6 is 30.4 Å². The third-order valence-electron chi connectivity index (χ3n) is 4.24. The number of halogens is 1. The number of amides is 4. The van der Waals surface area contributed by atoms with Gasteiger partial charge in [-0.05, 0) is 37.0 Å². The SMILES string of the molecule is O=C1CCC(N2C(=O)c3ccc(CCCOSI)cc3C2=O)C(=O)N1. The number of nitrogens with one attached hydrogen (secondary N) is 1. The van der Waals surface area contributed by atoms with Gasteiger partial charge in [0, 0.05) is 27.6 Å². The van der Waals surface area contributed by atoms with Crippen molar-refractivity contribution in [3.63, 3.8) is 0 Å². The van der Waals surface area contributed by atoms with Crippen LogP contribution in [0.1, 0.15) is 45.5 Å². The fourth-order valence-electron chi connectivity index (χ4n) is 3.04. The lowest BCUT2D eigenvalue weighted by molar-refractivity contribution is -0.136. The molecule has 25 heavy (non-hydrogen) atoms. The van der Waals surface area contributed by atoms with Gasteiger partial charge in [-0.25, -0.2) is 0 Å². The summed E-state index contributed by atoms with van der Waals surface area (Å²) in [5, 5.41) is 2.18. The van der Waals surface area contributed by atoms with E-state index in [9.17, 15) is 19.2 Å². The first-order valence-electron chi connectivity index (χ1n) is 7.77. The summed E-state index contributed by atoms with van der Waals surface area (Å²) in [5.41, 5.74) is 1.56. The number of nitrogens with zero attached hydrogens (tertiary/aromatic N) is 1. The van der Waals surface area contributed by atoms with E-state index in [-0.39, 0.29) is 18.7 Å². The molecule has 9 heteroatoms. The average Bonchev–Trinajstić information content (AvgIpc) is 2.83. The maximum atomic E-state index is 12.7. The lowest BCUT2D eigenvalue weighted by Crippen LogP contribution is -2.54. The van der Waals surface area contributed by atoms with Gasteiger partial charge in [0.25, 0.3) is 11.8 Å². The van der Waals surface area contributed by atoms with E-state index in [2.05, 4.69) is 5.32 Å². The molecule has 1 saturated heterocycles. The normalized spacial score (nSPS) is 20.0. The van der Waals surface area contributed by atoms with Crippen LogP contribution < -0.4 is 5.32 Å². The van der Waals surface area contributed by atoms with E-state index < -0.39 is 23.8 Å². The summed E-state index contributed by atoms with van der Waals surface area (Å²) >= 11 is 2.05. The Kier molecular flexibility index (Phi) is 5.74. The van der Waals surface area contributed by atoms with Crippen LogP contribution in [-0.4, -0.2) is 41.2 Å². The molecular weight excluding hydrogens is 459 g/mol. The van der Waals surface area contributed by atoms with Crippen molar-refractivity contribution < 1.29 is 23.4 Å². The lowest BCUT2D eigenvalue weighted by Gasteiger charge is -2.27. The highest BCUT2D eigenvalue weighted by molar-refractivity contribution is 14.2. The molecule has 2 heterocycles. The Bertz CT molecular complexity index is 754. The van der Waals surface area contributed by atoms with E-state index >= 15 is 0 Å². The number of aryl methyl sites for hydroxylation is 1. The van der Waals surface area contributed by atoms with E-state index in [1.54, 1.807) is 12.1 Å². The predicted octanol–water partition coefficient (Wildman–Crippen LogP) is 2.04. The second-order valence-corrected chi connectivity index (χ2v) is 7.26. The van der Waals surface area contributed by atoms with Crippen LogP contribution in [0.5, 0.6) is 0 Å². The number of benzene rings is 1. The molecule has 7 nitrogen and oxygen atoms in total. The highest BCUT2D eigenvalue weighted by Crippen LogP contribution is 2.28. The van der Waals surface area contributed by atoms with Crippen LogP contribution in [0.15, 0.2) is 18.2 Å². The molecule has 1 N–H and O–H groups in total. The minimum absolute atomic E-state index is 0.115. The monoisotopic (exact) mass is 474 g/mol. The van der Waals surface area contributed by atoms with Crippen molar-refractivity contribution in [2.75, 3.05) is 6.61 Å². The average molecular weight is 474 g/mol. The number of piperidine rings is 1. The molecule has 1 atom stereocenters. The van der Waals surface area contributed by atoms with E-state index in [4.69, 9.17) is 4.18 Å². The highest BCUT2D eigenvalue weighted by atomic mass is 127. The van der Waals surface area contributed by atoms with Crippen molar-refractivity contribution in [1.82, 2.24) is 10.2 Å². The second kappa shape index (κ2) is 7.83. The summed E-state index contributed by atoms with van der Waals surface area (Å²) < 4.78 is 5.21. The Balaban J connectivity index is 1.77. The van der Waals surface area contributed by atoms with Crippen molar-refractivity contribution in [1.29, 1.82) is 0 Å². The summed E-state index contributed by atoms with van der Waals surface area (Å²) in [5.74, 6) is -1.94. The molecule has 1 aromatic rings. The smallest absolute Gasteiger partial charge is 0.262 e. The molecule has 0 bridgehead atoms. The summed E-state index contributed by atoms with van der Waals surface area (Å²) in [6.45, 7) is 0.597. The second-order valence-electron chi connectivity index (χ2n) is 5.82. The molecule has 3 rings (SSSR count). The fourth-order valence-corrected chi connectivity index (χ4v) is 3.76. The van der Waals surface area contributed by atoms with Crippen LogP contribution in [0.4, 0.5) is 0 Å². The zero-order valence-electron chi connectivity index (χ0n) is 13.1. The molecule has 0 spiro atoms.